The van der Waals surface area contributed by atoms with Crippen LogP contribution >= 0.6 is 0 Å². The SMILES string of the molecule is CCCC1CC1NS(=O)(=O)c1ccc(N)cc1C(=O)O. The molecule has 0 bridgehead atoms. The molecular weight excluding hydrogens is 280 g/mol. The summed E-state index contributed by atoms with van der Waals surface area (Å²) in [4.78, 5) is 10.9. The Morgan fingerprint density at radius 2 is 2.20 bits per heavy atom. The number of aromatic carboxylic acids is 1. The number of carboxylic acid groups (broad SMARTS) is 1. The lowest BCUT2D eigenvalue weighted by atomic mass is 10.2. The molecule has 0 heterocycles. The summed E-state index contributed by atoms with van der Waals surface area (Å²) in [5.74, 6) is -0.949. The van der Waals surface area contributed by atoms with Crippen LogP contribution in [0.25, 0.3) is 0 Å². The predicted octanol–water partition coefficient (Wildman–Crippen LogP) is 1.43. The molecule has 0 saturated heterocycles. The van der Waals surface area contributed by atoms with Gasteiger partial charge < -0.3 is 10.8 Å². The van der Waals surface area contributed by atoms with Crippen LogP contribution in [0, 0.1) is 5.92 Å². The van der Waals surface area contributed by atoms with Crippen molar-refractivity contribution in [3.8, 4) is 0 Å². The van der Waals surface area contributed by atoms with E-state index in [0.29, 0.717) is 5.92 Å². The van der Waals surface area contributed by atoms with E-state index in [0.717, 1.165) is 25.3 Å². The zero-order valence-electron chi connectivity index (χ0n) is 11.2. The zero-order chi connectivity index (χ0) is 14.9. The Bertz CT molecular complexity index is 627. The number of rotatable bonds is 6. The number of carbonyl (C=O) groups is 1. The molecule has 0 radical (unpaired) electrons. The standard InChI is InChI=1S/C13H18N2O4S/c1-2-3-8-6-11(8)15-20(18,19)12-5-4-9(14)7-10(12)13(16)17/h4-5,7-8,11,15H,2-3,6,14H2,1H3,(H,16,17). The Kier molecular flexibility index (Phi) is 4.01. The maximum absolute atomic E-state index is 12.3. The van der Waals surface area contributed by atoms with Gasteiger partial charge in [-0.15, -0.1) is 0 Å². The second-order valence-electron chi connectivity index (χ2n) is 5.07. The van der Waals surface area contributed by atoms with Gasteiger partial charge in [-0.2, -0.15) is 0 Å². The van der Waals surface area contributed by atoms with E-state index in [9.17, 15) is 13.2 Å². The highest BCUT2D eigenvalue weighted by Gasteiger charge is 2.40. The predicted molar refractivity (Wildman–Crippen MR) is 74.9 cm³/mol. The summed E-state index contributed by atoms with van der Waals surface area (Å²) in [5.41, 5.74) is 5.42. The molecule has 2 unspecified atom stereocenters. The van der Waals surface area contributed by atoms with E-state index < -0.39 is 16.0 Å². The highest BCUT2D eigenvalue weighted by atomic mass is 32.2. The molecule has 0 amide bonds. The van der Waals surface area contributed by atoms with Gasteiger partial charge in [-0.1, -0.05) is 13.3 Å². The van der Waals surface area contributed by atoms with Crippen molar-refractivity contribution in [3.05, 3.63) is 23.8 Å². The molecule has 2 rings (SSSR count). The van der Waals surface area contributed by atoms with E-state index in [1.54, 1.807) is 0 Å². The molecule has 0 aliphatic heterocycles. The Balaban J connectivity index is 2.24. The van der Waals surface area contributed by atoms with Crippen LogP contribution in [0.15, 0.2) is 23.1 Å². The van der Waals surface area contributed by atoms with E-state index in [2.05, 4.69) is 4.72 Å². The fraction of sp³-hybridized carbons (Fsp3) is 0.462. The van der Waals surface area contributed by atoms with Gasteiger partial charge in [-0.25, -0.2) is 17.9 Å². The first-order valence-corrected chi connectivity index (χ1v) is 7.98. The first-order valence-electron chi connectivity index (χ1n) is 6.50. The van der Waals surface area contributed by atoms with Crippen LogP contribution in [0.5, 0.6) is 0 Å². The smallest absolute Gasteiger partial charge is 0.337 e. The Hall–Kier alpha value is -1.60. The van der Waals surface area contributed by atoms with Gasteiger partial charge in [-0.05, 0) is 37.0 Å². The normalized spacial score (nSPS) is 21.6. The summed E-state index contributed by atoms with van der Waals surface area (Å²) in [6.07, 6.45) is 2.79. The largest absolute Gasteiger partial charge is 0.478 e. The van der Waals surface area contributed by atoms with Gasteiger partial charge in [0.2, 0.25) is 10.0 Å². The molecule has 1 saturated carbocycles. The van der Waals surface area contributed by atoms with Gasteiger partial charge >= 0.3 is 5.97 Å². The maximum atomic E-state index is 12.3. The van der Waals surface area contributed by atoms with Gasteiger partial charge in [0.15, 0.2) is 0 Å². The number of carboxylic acids is 1. The number of nitrogen functional groups attached to an aromatic ring is 1. The maximum Gasteiger partial charge on any atom is 0.337 e. The zero-order valence-corrected chi connectivity index (χ0v) is 12.0. The molecule has 110 valence electrons. The monoisotopic (exact) mass is 298 g/mol. The van der Waals surface area contributed by atoms with Crippen molar-refractivity contribution in [2.24, 2.45) is 5.92 Å². The molecule has 1 aromatic carbocycles. The van der Waals surface area contributed by atoms with Crippen molar-refractivity contribution in [1.82, 2.24) is 4.72 Å². The summed E-state index contributed by atoms with van der Waals surface area (Å²) in [6, 6.07) is 3.70. The minimum absolute atomic E-state index is 0.0841. The molecule has 1 fully saturated rings. The molecule has 7 heteroatoms. The quantitative estimate of drug-likeness (QED) is 0.688. The molecule has 6 nitrogen and oxygen atoms in total. The van der Waals surface area contributed by atoms with Crippen molar-refractivity contribution >= 4 is 21.7 Å². The first kappa shape index (κ1) is 14.8. The Labute approximate surface area is 118 Å². The topological polar surface area (TPSA) is 109 Å². The van der Waals surface area contributed by atoms with Crippen LogP contribution < -0.4 is 10.5 Å². The number of nitrogens with one attached hydrogen (secondary N) is 1. The Morgan fingerprint density at radius 3 is 2.80 bits per heavy atom. The number of nitrogens with two attached hydrogens (primary N) is 1. The second-order valence-corrected chi connectivity index (χ2v) is 6.76. The van der Waals surface area contributed by atoms with E-state index in [-0.39, 0.29) is 22.2 Å². The van der Waals surface area contributed by atoms with Crippen molar-refractivity contribution in [1.29, 1.82) is 0 Å². The van der Waals surface area contributed by atoms with Gasteiger partial charge in [0, 0.05) is 11.7 Å². The molecule has 1 aromatic rings. The summed E-state index contributed by atoms with van der Waals surface area (Å²) in [5, 5.41) is 9.09. The van der Waals surface area contributed by atoms with Crippen LogP contribution in [-0.2, 0) is 10.0 Å². The van der Waals surface area contributed by atoms with E-state index in [4.69, 9.17) is 10.8 Å². The molecular formula is C13H18N2O4S. The molecule has 0 aromatic heterocycles. The van der Waals surface area contributed by atoms with Crippen molar-refractivity contribution in [2.75, 3.05) is 5.73 Å². The van der Waals surface area contributed by atoms with E-state index in [1.807, 2.05) is 6.92 Å². The summed E-state index contributed by atoms with van der Waals surface area (Å²) < 4.78 is 27.1. The first-order chi connectivity index (χ1) is 9.35. The lowest BCUT2D eigenvalue weighted by Crippen LogP contribution is -2.28. The summed E-state index contributed by atoms with van der Waals surface area (Å²) >= 11 is 0. The average molecular weight is 298 g/mol. The van der Waals surface area contributed by atoms with Gasteiger partial charge in [0.25, 0.3) is 0 Å². The average Bonchev–Trinajstić information content (AvgIpc) is 3.06. The van der Waals surface area contributed by atoms with Crippen LogP contribution in [0.1, 0.15) is 36.5 Å². The molecule has 1 aliphatic carbocycles. The number of anilines is 1. The number of hydrogen-bond acceptors (Lipinski definition) is 4. The lowest BCUT2D eigenvalue weighted by molar-refractivity contribution is 0.0692. The summed E-state index contributed by atoms with van der Waals surface area (Å²) in [6.45, 7) is 2.05. The van der Waals surface area contributed by atoms with Gasteiger partial charge in [-0.3, -0.25) is 0 Å². The number of hydrogen-bond donors (Lipinski definition) is 3. The third-order valence-electron chi connectivity index (χ3n) is 3.41. The molecule has 20 heavy (non-hydrogen) atoms. The third-order valence-corrected chi connectivity index (χ3v) is 4.96. The van der Waals surface area contributed by atoms with Crippen LogP contribution in [-0.4, -0.2) is 25.5 Å². The molecule has 0 spiro atoms. The van der Waals surface area contributed by atoms with Crippen molar-refractivity contribution in [2.45, 2.75) is 37.1 Å². The second kappa shape index (κ2) is 5.41. The molecule has 4 N–H and O–H groups in total. The minimum Gasteiger partial charge on any atom is -0.478 e. The van der Waals surface area contributed by atoms with Crippen molar-refractivity contribution < 1.29 is 18.3 Å². The fourth-order valence-electron chi connectivity index (χ4n) is 2.29. The highest BCUT2D eigenvalue weighted by molar-refractivity contribution is 7.89. The van der Waals surface area contributed by atoms with Gasteiger partial charge in [0.1, 0.15) is 0 Å². The molecule has 2 atom stereocenters. The van der Waals surface area contributed by atoms with E-state index >= 15 is 0 Å². The van der Waals surface area contributed by atoms with Crippen LogP contribution in [0.2, 0.25) is 0 Å². The highest BCUT2D eigenvalue weighted by Crippen LogP contribution is 2.36. The number of sulfonamides is 1. The van der Waals surface area contributed by atoms with Crippen molar-refractivity contribution in [3.63, 3.8) is 0 Å². The van der Waals surface area contributed by atoms with Crippen LogP contribution in [0.3, 0.4) is 0 Å². The molecule has 1 aliphatic rings. The lowest BCUT2D eigenvalue weighted by Gasteiger charge is -2.10. The van der Waals surface area contributed by atoms with Crippen LogP contribution in [0.4, 0.5) is 5.69 Å². The minimum atomic E-state index is -3.83. The van der Waals surface area contributed by atoms with E-state index in [1.165, 1.54) is 12.1 Å². The fourth-order valence-corrected chi connectivity index (χ4v) is 3.79. The number of benzene rings is 1. The Morgan fingerprint density at radius 1 is 1.50 bits per heavy atom. The summed E-state index contributed by atoms with van der Waals surface area (Å²) in [7, 11) is -3.83. The third kappa shape index (κ3) is 3.10. The van der Waals surface area contributed by atoms with Gasteiger partial charge in [0.05, 0.1) is 10.5 Å².